The van der Waals surface area contributed by atoms with E-state index >= 15 is 0 Å². The predicted molar refractivity (Wildman–Crippen MR) is 107 cm³/mol. The van der Waals surface area contributed by atoms with E-state index in [2.05, 4.69) is 12.2 Å². The van der Waals surface area contributed by atoms with Gasteiger partial charge in [-0.2, -0.15) is 0 Å². The first-order valence-corrected chi connectivity index (χ1v) is 9.40. The first-order valence-electron chi connectivity index (χ1n) is 9.40. The van der Waals surface area contributed by atoms with Crippen molar-refractivity contribution in [3.8, 4) is 0 Å². The van der Waals surface area contributed by atoms with Gasteiger partial charge in [0.1, 0.15) is 6.04 Å². The summed E-state index contributed by atoms with van der Waals surface area (Å²) in [5.41, 5.74) is 0.914. The Morgan fingerprint density at radius 2 is 2.04 bits per heavy atom. The lowest BCUT2D eigenvalue weighted by molar-refractivity contribution is -0.137. The van der Waals surface area contributed by atoms with Crippen molar-refractivity contribution in [2.45, 2.75) is 38.6 Å². The highest BCUT2D eigenvalue weighted by Gasteiger charge is 2.37. The van der Waals surface area contributed by atoms with E-state index in [1.54, 1.807) is 16.8 Å². The number of benzene rings is 1. The molecule has 2 amide bonds. The molecule has 6 heteroatoms. The van der Waals surface area contributed by atoms with Gasteiger partial charge < -0.3 is 15.1 Å². The topological polar surface area (TPSA) is 52.7 Å². The number of nitrogens with zero attached hydrogens (tertiary/aromatic N) is 2. The second-order valence-corrected chi connectivity index (χ2v) is 7.42. The van der Waals surface area contributed by atoms with Crippen LogP contribution in [0.4, 0.5) is 5.69 Å². The number of nitrogens with one attached hydrogen (secondary N) is 1. The second kappa shape index (κ2) is 9.38. The van der Waals surface area contributed by atoms with Crippen LogP contribution in [-0.4, -0.2) is 49.4 Å². The summed E-state index contributed by atoms with van der Waals surface area (Å²) in [7, 11) is 1.78. The van der Waals surface area contributed by atoms with Crippen LogP contribution in [0.1, 0.15) is 32.6 Å². The number of anilines is 1. The number of carbonyl (C=O) groups excluding carboxylic acids is 2. The van der Waals surface area contributed by atoms with Crippen molar-refractivity contribution in [1.29, 1.82) is 0 Å². The van der Waals surface area contributed by atoms with Crippen LogP contribution in [0.3, 0.4) is 0 Å². The Kier molecular flexibility index (Phi) is 7.47. The number of hydrogen-bond donors (Lipinski definition) is 1. The number of rotatable bonds is 5. The fourth-order valence-electron chi connectivity index (χ4n) is 4.01. The van der Waals surface area contributed by atoms with Gasteiger partial charge in [0.05, 0.1) is 0 Å². The van der Waals surface area contributed by atoms with Crippen molar-refractivity contribution in [2.75, 3.05) is 31.6 Å². The summed E-state index contributed by atoms with van der Waals surface area (Å²) in [5.74, 6) is 1.04. The van der Waals surface area contributed by atoms with Crippen molar-refractivity contribution in [2.24, 2.45) is 11.8 Å². The number of carbonyl (C=O) groups is 2. The molecule has 2 heterocycles. The smallest absolute Gasteiger partial charge is 0.249 e. The maximum atomic E-state index is 12.8. The van der Waals surface area contributed by atoms with Crippen LogP contribution in [0.2, 0.25) is 0 Å². The molecule has 3 rings (SSSR count). The average molecular weight is 380 g/mol. The molecule has 2 aliphatic rings. The average Bonchev–Trinajstić information content (AvgIpc) is 3.03. The van der Waals surface area contributed by atoms with E-state index < -0.39 is 0 Å². The van der Waals surface area contributed by atoms with Crippen LogP contribution in [0, 0.1) is 11.8 Å². The molecule has 5 nitrogen and oxygen atoms in total. The molecular weight excluding hydrogens is 350 g/mol. The molecule has 2 aliphatic heterocycles. The van der Waals surface area contributed by atoms with Gasteiger partial charge in [0, 0.05) is 25.7 Å². The van der Waals surface area contributed by atoms with Gasteiger partial charge in [-0.05, 0) is 56.3 Å². The van der Waals surface area contributed by atoms with Gasteiger partial charge >= 0.3 is 0 Å². The van der Waals surface area contributed by atoms with Crippen LogP contribution in [0.15, 0.2) is 30.3 Å². The Morgan fingerprint density at radius 1 is 1.31 bits per heavy atom. The molecule has 0 aromatic heterocycles. The minimum Gasteiger partial charge on any atom is -0.334 e. The zero-order chi connectivity index (χ0) is 17.8. The van der Waals surface area contributed by atoms with E-state index in [4.69, 9.17) is 0 Å². The minimum absolute atomic E-state index is 0. The summed E-state index contributed by atoms with van der Waals surface area (Å²) in [4.78, 5) is 28.9. The fourth-order valence-corrected chi connectivity index (χ4v) is 4.01. The van der Waals surface area contributed by atoms with Crippen molar-refractivity contribution in [1.82, 2.24) is 10.2 Å². The van der Waals surface area contributed by atoms with Crippen LogP contribution in [-0.2, 0) is 9.59 Å². The zero-order valence-corrected chi connectivity index (χ0v) is 16.5. The van der Waals surface area contributed by atoms with Gasteiger partial charge in [0.2, 0.25) is 11.8 Å². The molecule has 0 aliphatic carbocycles. The van der Waals surface area contributed by atoms with Crippen molar-refractivity contribution in [3.05, 3.63) is 30.3 Å². The van der Waals surface area contributed by atoms with Crippen LogP contribution in [0.25, 0.3) is 0 Å². The summed E-state index contributed by atoms with van der Waals surface area (Å²) in [6.45, 7) is 4.93. The monoisotopic (exact) mass is 379 g/mol. The van der Waals surface area contributed by atoms with Gasteiger partial charge in [-0.25, -0.2) is 0 Å². The standard InChI is InChI=1S/C20H29N3O2.ClH/c1-15(16-7-6-11-21-14-16)13-19(24)22(2)18-10-12-23(20(18)25)17-8-4-3-5-9-17;/h3-5,8-9,15-16,18,21H,6-7,10-14H2,1-2H3;1H. The largest absolute Gasteiger partial charge is 0.334 e. The van der Waals surface area contributed by atoms with Gasteiger partial charge in [-0.3, -0.25) is 9.59 Å². The third kappa shape index (κ3) is 4.57. The van der Waals surface area contributed by atoms with E-state index in [0.717, 1.165) is 18.8 Å². The summed E-state index contributed by atoms with van der Waals surface area (Å²) in [6.07, 6.45) is 3.61. The SMILES string of the molecule is CC(CC(=O)N(C)C1CCN(c2ccccc2)C1=O)C1CCCNC1.Cl. The minimum atomic E-state index is -0.329. The molecule has 0 spiro atoms. The molecule has 0 radical (unpaired) electrons. The van der Waals surface area contributed by atoms with E-state index in [0.29, 0.717) is 31.2 Å². The summed E-state index contributed by atoms with van der Waals surface area (Å²) in [5, 5.41) is 3.42. The maximum absolute atomic E-state index is 12.8. The number of likely N-dealkylation sites (N-methyl/N-ethyl adjacent to an activating group) is 1. The van der Waals surface area contributed by atoms with Crippen molar-refractivity contribution >= 4 is 29.9 Å². The lowest BCUT2D eigenvalue weighted by atomic mass is 9.85. The number of hydrogen-bond acceptors (Lipinski definition) is 3. The molecule has 144 valence electrons. The quantitative estimate of drug-likeness (QED) is 0.855. The Bertz CT molecular complexity index is 604. The number of piperidine rings is 1. The molecule has 1 aromatic carbocycles. The second-order valence-electron chi connectivity index (χ2n) is 7.42. The van der Waals surface area contributed by atoms with E-state index in [1.807, 2.05) is 30.3 Å². The Morgan fingerprint density at radius 3 is 2.69 bits per heavy atom. The normalized spacial score (nSPS) is 24.1. The van der Waals surface area contributed by atoms with Crippen molar-refractivity contribution in [3.63, 3.8) is 0 Å². The molecule has 2 saturated heterocycles. The van der Waals surface area contributed by atoms with Gasteiger partial charge in [0.15, 0.2) is 0 Å². The highest BCUT2D eigenvalue weighted by atomic mass is 35.5. The summed E-state index contributed by atoms with van der Waals surface area (Å²) < 4.78 is 0. The number of halogens is 1. The first kappa shape index (κ1) is 20.7. The Labute approximate surface area is 162 Å². The van der Waals surface area contributed by atoms with Crippen LogP contribution >= 0.6 is 12.4 Å². The summed E-state index contributed by atoms with van der Waals surface area (Å²) >= 11 is 0. The van der Waals surface area contributed by atoms with Gasteiger partial charge in [-0.1, -0.05) is 25.1 Å². The molecule has 0 saturated carbocycles. The molecule has 1 N–H and O–H groups in total. The molecule has 3 unspecified atom stereocenters. The third-order valence-corrected chi connectivity index (χ3v) is 5.74. The Balaban J connectivity index is 0.00000243. The lowest BCUT2D eigenvalue weighted by Gasteiger charge is -2.30. The number of amides is 2. The van der Waals surface area contributed by atoms with Gasteiger partial charge in [0.25, 0.3) is 0 Å². The van der Waals surface area contributed by atoms with Crippen molar-refractivity contribution < 1.29 is 9.59 Å². The Hall–Kier alpha value is -1.59. The molecule has 2 fully saturated rings. The molecule has 3 atom stereocenters. The lowest BCUT2D eigenvalue weighted by Crippen LogP contribution is -2.44. The fraction of sp³-hybridized carbons (Fsp3) is 0.600. The van der Waals surface area contributed by atoms with E-state index in [9.17, 15) is 9.59 Å². The maximum Gasteiger partial charge on any atom is 0.249 e. The third-order valence-electron chi connectivity index (χ3n) is 5.74. The molecule has 0 bridgehead atoms. The highest BCUT2D eigenvalue weighted by molar-refractivity contribution is 6.01. The first-order chi connectivity index (χ1) is 12.1. The van der Waals surface area contributed by atoms with Crippen LogP contribution < -0.4 is 10.2 Å². The molecular formula is C20H30ClN3O2. The molecule has 1 aromatic rings. The van der Waals surface area contributed by atoms with Crippen LogP contribution in [0.5, 0.6) is 0 Å². The zero-order valence-electron chi connectivity index (χ0n) is 15.7. The van der Waals surface area contributed by atoms with E-state index in [-0.39, 0.29) is 30.3 Å². The predicted octanol–water partition coefficient (Wildman–Crippen LogP) is 2.70. The summed E-state index contributed by atoms with van der Waals surface area (Å²) in [6, 6.07) is 9.37. The van der Waals surface area contributed by atoms with Gasteiger partial charge in [-0.15, -0.1) is 12.4 Å². The molecule has 26 heavy (non-hydrogen) atoms. The highest BCUT2D eigenvalue weighted by Crippen LogP contribution is 2.26. The van der Waals surface area contributed by atoms with E-state index in [1.165, 1.54) is 12.8 Å². The number of para-hydroxylation sites is 1.